The average molecular weight is 328 g/mol. The van der Waals surface area contributed by atoms with Gasteiger partial charge in [0.2, 0.25) is 12.2 Å². The van der Waals surface area contributed by atoms with Crippen molar-refractivity contribution < 1.29 is 19.4 Å². The van der Waals surface area contributed by atoms with Crippen LogP contribution in [0.5, 0.6) is 11.5 Å². The maximum absolute atomic E-state index is 12.1. The van der Waals surface area contributed by atoms with E-state index in [1.165, 1.54) is 6.20 Å². The lowest BCUT2D eigenvalue weighted by Gasteiger charge is -2.10. The zero-order valence-corrected chi connectivity index (χ0v) is 13.0. The lowest BCUT2D eigenvalue weighted by Crippen LogP contribution is -2.18. The van der Waals surface area contributed by atoms with Crippen LogP contribution >= 0.6 is 0 Å². The van der Waals surface area contributed by atoms with Crippen LogP contribution in [0, 0.1) is 0 Å². The van der Waals surface area contributed by atoms with Gasteiger partial charge in [0, 0.05) is 31.2 Å². The topological polar surface area (TPSA) is 93.6 Å². The molecule has 0 spiro atoms. The van der Waals surface area contributed by atoms with Crippen LogP contribution in [0.2, 0.25) is 0 Å². The van der Waals surface area contributed by atoms with Gasteiger partial charge in [-0.3, -0.25) is 4.79 Å². The number of hydrogen-bond acceptors (Lipinski definition) is 4. The number of aromatic amines is 1. The third kappa shape index (κ3) is 2.83. The number of pyridine rings is 1. The van der Waals surface area contributed by atoms with Gasteiger partial charge in [-0.25, -0.2) is 4.79 Å². The molecule has 1 aliphatic heterocycles. The fraction of sp³-hybridized carbons (Fsp3) is 0.176. The van der Waals surface area contributed by atoms with E-state index < -0.39 is 11.4 Å². The van der Waals surface area contributed by atoms with E-state index in [0.29, 0.717) is 28.9 Å². The minimum Gasteiger partial charge on any atom is -0.477 e. The number of H-pyrrole nitrogens is 1. The third-order valence-electron chi connectivity index (χ3n) is 3.64. The number of carbonyl (C=O) groups is 1. The summed E-state index contributed by atoms with van der Waals surface area (Å²) in [6.07, 6.45) is 5.11. The zero-order chi connectivity index (χ0) is 17.1. The molecular weight excluding hydrogens is 312 g/mol. The van der Waals surface area contributed by atoms with Crippen molar-refractivity contribution >= 4 is 16.9 Å². The summed E-state index contributed by atoms with van der Waals surface area (Å²) in [5.41, 5.74) is -0.111. The molecule has 7 heteroatoms. The summed E-state index contributed by atoms with van der Waals surface area (Å²) in [6.45, 7) is 2.54. The third-order valence-corrected chi connectivity index (χ3v) is 3.64. The van der Waals surface area contributed by atoms with Crippen molar-refractivity contribution in [3.8, 4) is 11.5 Å². The number of nitrogens with zero attached hydrogens (tertiary/aromatic N) is 1. The smallest absolute Gasteiger partial charge is 0.341 e. The number of aryl methyl sites for hydroxylation is 1. The molecule has 0 unspecified atom stereocenters. The van der Waals surface area contributed by atoms with E-state index in [4.69, 9.17) is 14.6 Å². The summed E-state index contributed by atoms with van der Waals surface area (Å²) >= 11 is 0. The van der Waals surface area contributed by atoms with E-state index in [-0.39, 0.29) is 12.4 Å². The molecule has 0 radical (unpaired) electrons. The standard InChI is InChI=1S/C13H11NO5.C4H5N/c1-2-14-5-8(13(16)17)12(15)7-3-10-11(4-9(7)14)19-6-18-10;1-2-4-5-3-1/h3-5H,2,6H2,1H3,(H,16,17);1-5H. The Balaban J connectivity index is 0.000000290. The fourth-order valence-electron chi connectivity index (χ4n) is 2.47. The second-order valence-electron chi connectivity index (χ2n) is 5.07. The zero-order valence-electron chi connectivity index (χ0n) is 13.0. The molecule has 0 saturated heterocycles. The molecular formula is C17H16N2O5. The van der Waals surface area contributed by atoms with Gasteiger partial charge in [-0.2, -0.15) is 0 Å². The van der Waals surface area contributed by atoms with Crippen LogP contribution in [-0.4, -0.2) is 27.4 Å². The lowest BCUT2D eigenvalue weighted by atomic mass is 10.1. The molecule has 2 aromatic heterocycles. The number of fused-ring (bicyclic) bond motifs is 2. The minimum absolute atomic E-state index is 0.109. The second-order valence-corrected chi connectivity index (χ2v) is 5.07. The highest BCUT2D eigenvalue weighted by atomic mass is 16.7. The van der Waals surface area contributed by atoms with Crippen LogP contribution in [-0.2, 0) is 6.54 Å². The SMILES string of the molecule is CCn1cc(C(=O)O)c(=O)c2cc3c(cc21)OCO3.c1cc[nH]c1. The molecule has 0 atom stereocenters. The molecule has 0 aliphatic carbocycles. The van der Waals surface area contributed by atoms with E-state index in [1.807, 2.05) is 31.5 Å². The van der Waals surface area contributed by atoms with Crippen LogP contribution < -0.4 is 14.9 Å². The van der Waals surface area contributed by atoms with E-state index in [9.17, 15) is 9.59 Å². The monoisotopic (exact) mass is 328 g/mol. The Morgan fingerprint density at radius 3 is 2.46 bits per heavy atom. The molecule has 7 nitrogen and oxygen atoms in total. The molecule has 24 heavy (non-hydrogen) atoms. The normalized spacial score (nSPS) is 11.9. The summed E-state index contributed by atoms with van der Waals surface area (Å²) < 4.78 is 12.2. The van der Waals surface area contributed by atoms with E-state index in [2.05, 4.69) is 4.98 Å². The maximum Gasteiger partial charge on any atom is 0.341 e. The number of benzene rings is 1. The Labute approximate surface area is 137 Å². The van der Waals surface area contributed by atoms with Crippen LogP contribution in [0.4, 0.5) is 0 Å². The van der Waals surface area contributed by atoms with Crippen molar-refractivity contribution in [1.29, 1.82) is 0 Å². The van der Waals surface area contributed by atoms with Crippen molar-refractivity contribution in [2.24, 2.45) is 0 Å². The van der Waals surface area contributed by atoms with Crippen molar-refractivity contribution in [2.75, 3.05) is 6.79 Å². The fourth-order valence-corrected chi connectivity index (χ4v) is 2.47. The molecule has 1 aliphatic rings. The van der Waals surface area contributed by atoms with Gasteiger partial charge in [-0.05, 0) is 25.1 Å². The van der Waals surface area contributed by atoms with Crippen molar-refractivity contribution in [2.45, 2.75) is 13.5 Å². The Bertz CT molecular complexity index is 911. The predicted octanol–water partition coefficient (Wildman–Crippen LogP) is 2.46. The lowest BCUT2D eigenvalue weighted by molar-refractivity contribution is 0.0695. The molecule has 0 saturated carbocycles. The quantitative estimate of drug-likeness (QED) is 0.754. The molecule has 124 valence electrons. The molecule has 1 aromatic carbocycles. The first-order valence-corrected chi connectivity index (χ1v) is 7.39. The van der Waals surface area contributed by atoms with Crippen LogP contribution in [0.25, 0.3) is 10.9 Å². The van der Waals surface area contributed by atoms with Gasteiger partial charge in [0.05, 0.1) is 10.9 Å². The number of nitrogens with one attached hydrogen (secondary N) is 1. The first-order valence-electron chi connectivity index (χ1n) is 7.39. The summed E-state index contributed by atoms with van der Waals surface area (Å²) in [5, 5.41) is 9.39. The number of rotatable bonds is 2. The number of aromatic carboxylic acids is 1. The minimum atomic E-state index is -1.23. The molecule has 0 bridgehead atoms. The van der Waals surface area contributed by atoms with Gasteiger partial charge in [0.15, 0.2) is 11.5 Å². The number of carboxylic acid groups (broad SMARTS) is 1. The molecule has 3 heterocycles. The average Bonchev–Trinajstić information content (AvgIpc) is 3.27. The van der Waals surface area contributed by atoms with E-state index in [0.717, 1.165) is 0 Å². The van der Waals surface area contributed by atoms with Crippen LogP contribution in [0.1, 0.15) is 17.3 Å². The van der Waals surface area contributed by atoms with Crippen molar-refractivity contribution in [3.63, 3.8) is 0 Å². The summed E-state index contributed by atoms with van der Waals surface area (Å²) in [5.74, 6) is -0.196. The molecule has 0 amide bonds. The summed E-state index contributed by atoms with van der Waals surface area (Å²) in [7, 11) is 0. The Kier molecular flexibility index (Phi) is 4.24. The van der Waals surface area contributed by atoms with E-state index >= 15 is 0 Å². The molecule has 2 N–H and O–H groups in total. The first-order chi connectivity index (χ1) is 11.6. The predicted molar refractivity (Wildman–Crippen MR) is 87.8 cm³/mol. The summed E-state index contributed by atoms with van der Waals surface area (Å²) in [4.78, 5) is 26.1. The van der Waals surface area contributed by atoms with E-state index in [1.54, 1.807) is 16.7 Å². The highest BCUT2D eigenvalue weighted by molar-refractivity contribution is 5.93. The van der Waals surface area contributed by atoms with Gasteiger partial charge in [-0.1, -0.05) is 0 Å². The summed E-state index contributed by atoms with van der Waals surface area (Å²) in [6, 6.07) is 7.13. The second kappa shape index (κ2) is 6.49. The van der Waals surface area contributed by atoms with Gasteiger partial charge < -0.3 is 24.1 Å². The maximum atomic E-state index is 12.1. The Morgan fingerprint density at radius 1 is 1.25 bits per heavy atom. The molecule has 4 rings (SSSR count). The number of aromatic nitrogens is 2. The van der Waals surface area contributed by atoms with Gasteiger partial charge >= 0.3 is 5.97 Å². The highest BCUT2D eigenvalue weighted by Crippen LogP contribution is 2.35. The van der Waals surface area contributed by atoms with Crippen LogP contribution in [0.15, 0.2) is 47.7 Å². The van der Waals surface area contributed by atoms with Gasteiger partial charge in [-0.15, -0.1) is 0 Å². The van der Waals surface area contributed by atoms with Crippen molar-refractivity contribution in [1.82, 2.24) is 9.55 Å². The highest BCUT2D eigenvalue weighted by Gasteiger charge is 2.20. The molecule has 0 fully saturated rings. The molecule has 3 aromatic rings. The number of carboxylic acids is 1. The Hall–Kier alpha value is -3.22. The Morgan fingerprint density at radius 2 is 1.92 bits per heavy atom. The van der Waals surface area contributed by atoms with Gasteiger partial charge in [0.25, 0.3) is 0 Å². The van der Waals surface area contributed by atoms with Crippen molar-refractivity contribution in [3.05, 3.63) is 58.6 Å². The number of hydrogen-bond donors (Lipinski definition) is 2. The van der Waals surface area contributed by atoms with Gasteiger partial charge in [0.1, 0.15) is 5.56 Å². The first kappa shape index (κ1) is 15.7. The van der Waals surface area contributed by atoms with Crippen LogP contribution in [0.3, 0.4) is 0 Å². The number of ether oxygens (including phenoxy) is 2. The largest absolute Gasteiger partial charge is 0.477 e.